The normalized spacial score (nSPS) is 10.9. The summed E-state index contributed by atoms with van der Waals surface area (Å²) in [5.74, 6) is 1.40. The molecule has 6 rings (SSSR count). The second-order valence-corrected chi connectivity index (χ2v) is 15.6. The summed E-state index contributed by atoms with van der Waals surface area (Å²) >= 11 is 0. The van der Waals surface area contributed by atoms with Crippen LogP contribution in [-0.4, -0.2) is 9.52 Å². The summed E-state index contributed by atoms with van der Waals surface area (Å²) in [6, 6.07) is 40.8. The van der Waals surface area contributed by atoms with Crippen LogP contribution in [0.4, 0.5) is 0 Å². The van der Waals surface area contributed by atoms with Crippen molar-refractivity contribution < 1.29 is 25.8 Å². The molecule has 2 heteroatoms. The third kappa shape index (κ3) is 11.6. The molecule has 0 atom stereocenters. The molecule has 0 bridgehead atoms. The van der Waals surface area contributed by atoms with Gasteiger partial charge in [-0.15, -0.1) is 69.1 Å². The van der Waals surface area contributed by atoms with Gasteiger partial charge in [-0.05, 0) is 72.6 Å². The fourth-order valence-corrected chi connectivity index (χ4v) is 6.98. The molecule has 0 saturated heterocycles. The number of fused-ring (bicyclic) bond motifs is 2. The van der Waals surface area contributed by atoms with Crippen molar-refractivity contribution in [1.82, 2.24) is 0 Å². The molecule has 0 nitrogen and oxygen atoms in total. The van der Waals surface area contributed by atoms with E-state index >= 15 is 0 Å². The molecule has 0 saturated carbocycles. The van der Waals surface area contributed by atoms with E-state index in [1.54, 1.807) is 0 Å². The Hall–Kier alpha value is -2.81. The van der Waals surface area contributed by atoms with Crippen LogP contribution in [0.3, 0.4) is 0 Å². The molecule has 262 valence electrons. The van der Waals surface area contributed by atoms with Gasteiger partial charge in [-0.3, -0.25) is 0 Å². The molecule has 6 aromatic rings. The fraction of sp³-hybridized carbons (Fsp3) is 0.375. The molecule has 0 aliphatic carbocycles. The van der Waals surface area contributed by atoms with Crippen LogP contribution in [0.25, 0.3) is 43.8 Å². The second kappa shape index (κ2) is 21.5. The number of hydrogen-bond acceptors (Lipinski definition) is 0. The summed E-state index contributed by atoms with van der Waals surface area (Å²) in [6.07, 6.45) is 9.66. The topological polar surface area (TPSA) is 0 Å². The zero-order valence-electron chi connectivity index (χ0n) is 32.2. The van der Waals surface area contributed by atoms with E-state index in [4.69, 9.17) is 0 Å². The molecule has 50 heavy (non-hydrogen) atoms. The van der Waals surface area contributed by atoms with Crippen molar-refractivity contribution >= 4 is 31.1 Å². The van der Waals surface area contributed by atoms with E-state index in [-0.39, 0.29) is 25.8 Å². The maximum atomic E-state index is 2.40. The van der Waals surface area contributed by atoms with Gasteiger partial charge in [0.15, 0.2) is 0 Å². The van der Waals surface area contributed by atoms with E-state index in [0.29, 0.717) is 11.8 Å². The predicted octanol–water partition coefficient (Wildman–Crippen LogP) is 14.3. The monoisotopic (exact) mass is 844 g/mol. The van der Waals surface area contributed by atoms with Crippen molar-refractivity contribution in [2.75, 3.05) is 0 Å². The molecule has 6 aromatic carbocycles. The van der Waals surface area contributed by atoms with Crippen LogP contribution in [0.15, 0.2) is 109 Å². The number of aryl methyl sites for hydroxylation is 2. The smallest absolute Gasteiger partial charge is 0.0307 e. The van der Waals surface area contributed by atoms with E-state index in [1.165, 1.54) is 105 Å². The third-order valence-electron chi connectivity index (χ3n) is 9.12. The van der Waals surface area contributed by atoms with E-state index in [2.05, 4.69) is 164 Å². The zero-order chi connectivity index (χ0) is 35.2. The number of rotatable bonds is 12. The Labute approximate surface area is 326 Å². The maximum absolute atomic E-state index is 2.40. The predicted molar refractivity (Wildman–Crippen MR) is 222 cm³/mol. The van der Waals surface area contributed by atoms with Gasteiger partial charge in [0, 0.05) is 35.4 Å². The van der Waals surface area contributed by atoms with Crippen LogP contribution >= 0.6 is 0 Å². The molecular formula is C48H60HfSi-2. The third-order valence-corrected chi connectivity index (χ3v) is 9.12. The standard InChI is InChI=1S/2C23H27.C2H6Si.Hf/c2*1-4-5-9-19-10-6-7-12-21(19)22-13-8-11-20-15-18(14-17(2)3)16-23(20)22;1-3-2;/h2*6-8,10-13,15-17H,4-5,9,14H2,1-3H3;1-2H3;/q2*-1;;. The Morgan fingerprint density at radius 2 is 0.880 bits per heavy atom. The minimum Gasteiger partial charge on any atom is -0.164 e. The summed E-state index contributed by atoms with van der Waals surface area (Å²) in [4.78, 5) is 0. The summed E-state index contributed by atoms with van der Waals surface area (Å²) < 4.78 is 0. The van der Waals surface area contributed by atoms with Crippen molar-refractivity contribution in [2.24, 2.45) is 11.8 Å². The van der Waals surface area contributed by atoms with Crippen molar-refractivity contribution in [2.45, 2.75) is 106 Å². The molecule has 0 aliphatic rings. The van der Waals surface area contributed by atoms with E-state index in [1.807, 2.05) is 0 Å². The Morgan fingerprint density at radius 3 is 1.24 bits per heavy atom. The molecule has 0 spiro atoms. The first kappa shape index (κ1) is 41.6. The van der Waals surface area contributed by atoms with Crippen LogP contribution < -0.4 is 0 Å². The number of hydrogen-bond donors (Lipinski definition) is 0. The Kier molecular flexibility index (Phi) is 17.9. The Bertz CT molecular complexity index is 1710. The largest absolute Gasteiger partial charge is 0.164 e. The van der Waals surface area contributed by atoms with Gasteiger partial charge < -0.3 is 0 Å². The molecule has 0 amide bonds. The van der Waals surface area contributed by atoms with Crippen LogP contribution in [0, 0.1) is 11.8 Å². The zero-order valence-corrected chi connectivity index (χ0v) is 36.8. The first-order valence-electron chi connectivity index (χ1n) is 18.9. The summed E-state index contributed by atoms with van der Waals surface area (Å²) in [7, 11) is 1.08. The van der Waals surface area contributed by atoms with Crippen LogP contribution in [0.1, 0.15) is 89.5 Å². The SMILES string of the molecule is CCCCc1ccccc1-c1cccc2[cH-]c(CC(C)C)cc12.CCCCc1ccccc1-c1cccc2[cH-]c(CC(C)C)cc12.C[Si]C.[Hf]. The molecule has 0 aliphatic heterocycles. The Balaban J connectivity index is 0.000000246. The molecule has 2 radical (unpaired) electrons. The molecule has 0 aromatic heterocycles. The molecular weight excluding hydrogens is 783 g/mol. The van der Waals surface area contributed by atoms with Crippen LogP contribution in [0.5, 0.6) is 0 Å². The minimum absolute atomic E-state index is 0. The maximum Gasteiger partial charge on any atom is 0.0307 e. The molecule has 0 fully saturated rings. The van der Waals surface area contributed by atoms with Crippen molar-refractivity contribution in [1.29, 1.82) is 0 Å². The van der Waals surface area contributed by atoms with Gasteiger partial charge >= 0.3 is 0 Å². The summed E-state index contributed by atoms with van der Waals surface area (Å²) in [5.41, 5.74) is 11.5. The van der Waals surface area contributed by atoms with E-state index in [9.17, 15) is 0 Å². The molecule has 0 unspecified atom stereocenters. The number of unbranched alkanes of at least 4 members (excludes halogenated alkanes) is 2. The van der Waals surface area contributed by atoms with Gasteiger partial charge in [0.2, 0.25) is 0 Å². The van der Waals surface area contributed by atoms with Gasteiger partial charge in [0.1, 0.15) is 0 Å². The minimum atomic E-state index is 0. The van der Waals surface area contributed by atoms with Crippen molar-refractivity contribution in [3.05, 3.63) is 131 Å². The second-order valence-electron chi connectivity index (χ2n) is 14.6. The van der Waals surface area contributed by atoms with Crippen LogP contribution in [0.2, 0.25) is 13.1 Å². The van der Waals surface area contributed by atoms with Gasteiger partial charge in [0.25, 0.3) is 0 Å². The first-order valence-corrected chi connectivity index (χ1v) is 20.9. The quantitative estimate of drug-likeness (QED) is 0.0850. The van der Waals surface area contributed by atoms with Gasteiger partial charge in [0.05, 0.1) is 0 Å². The summed E-state index contributed by atoms with van der Waals surface area (Å²) in [5, 5.41) is 5.58. The van der Waals surface area contributed by atoms with E-state index in [0.717, 1.165) is 22.4 Å². The Morgan fingerprint density at radius 1 is 0.520 bits per heavy atom. The fourth-order valence-electron chi connectivity index (χ4n) is 6.98. The average molecular weight is 844 g/mol. The summed E-state index contributed by atoms with van der Waals surface area (Å²) in [6.45, 7) is 18.0. The van der Waals surface area contributed by atoms with Gasteiger partial charge in [-0.2, -0.15) is 12.1 Å². The van der Waals surface area contributed by atoms with Crippen LogP contribution in [-0.2, 0) is 51.5 Å². The van der Waals surface area contributed by atoms with Gasteiger partial charge in [-0.1, -0.05) is 139 Å². The number of benzene rings is 4. The van der Waals surface area contributed by atoms with E-state index < -0.39 is 0 Å². The molecule has 0 N–H and O–H groups in total. The van der Waals surface area contributed by atoms with Crippen molar-refractivity contribution in [3.8, 4) is 22.3 Å². The van der Waals surface area contributed by atoms with Gasteiger partial charge in [-0.25, -0.2) is 0 Å². The first-order chi connectivity index (χ1) is 23.8. The average Bonchev–Trinajstić information content (AvgIpc) is 3.69. The molecule has 0 heterocycles. The van der Waals surface area contributed by atoms with Crippen molar-refractivity contribution in [3.63, 3.8) is 0 Å².